The minimum absolute atomic E-state index is 0.439. The number of aromatic nitrogens is 2. The molecule has 2 aliphatic heterocycles. The normalized spacial score (nSPS) is 19.9. The summed E-state index contributed by atoms with van der Waals surface area (Å²) in [6, 6.07) is 10.2. The van der Waals surface area contributed by atoms with E-state index >= 15 is 0 Å². The van der Waals surface area contributed by atoms with Crippen LogP contribution in [-0.4, -0.2) is 42.5 Å². The van der Waals surface area contributed by atoms with Gasteiger partial charge < -0.3 is 20.1 Å². The largest absolute Gasteiger partial charge is 0.486 e. The molecule has 1 atom stereocenters. The number of hydrogen-bond acceptors (Lipinski definition) is 6. The van der Waals surface area contributed by atoms with E-state index in [-0.39, 0.29) is 0 Å². The number of nitrogens with one attached hydrogen (secondary N) is 2. The first-order valence-electron chi connectivity index (χ1n) is 7.59. The third-order valence-electron chi connectivity index (χ3n) is 3.91. The Bertz CT molecular complexity index is 654. The van der Waals surface area contributed by atoms with Gasteiger partial charge in [0.1, 0.15) is 19.0 Å². The van der Waals surface area contributed by atoms with Crippen molar-refractivity contribution in [2.75, 3.05) is 31.6 Å². The first-order valence-corrected chi connectivity index (χ1v) is 7.59. The number of rotatable bonds is 3. The molecule has 6 heteroatoms. The van der Waals surface area contributed by atoms with Crippen molar-refractivity contribution in [1.82, 2.24) is 15.5 Å². The fourth-order valence-corrected chi connectivity index (χ4v) is 2.75. The summed E-state index contributed by atoms with van der Waals surface area (Å²) in [5.74, 6) is 2.37. The number of fused-ring (bicyclic) bond motifs is 1. The van der Waals surface area contributed by atoms with Gasteiger partial charge in [0.25, 0.3) is 0 Å². The van der Waals surface area contributed by atoms with Crippen molar-refractivity contribution >= 4 is 5.82 Å². The molecule has 0 spiro atoms. The van der Waals surface area contributed by atoms with Crippen molar-refractivity contribution in [2.24, 2.45) is 0 Å². The molecule has 2 N–H and O–H groups in total. The zero-order valence-corrected chi connectivity index (χ0v) is 12.2. The van der Waals surface area contributed by atoms with Gasteiger partial charge in [-0.05, 0) is 43.3 Å². The van der Waals surface area contributed by atoms with Crippen LogP contribution in [0.1, 0.15) is 6.42 Å². The van der Waals surface area contributed by atoms with Gasteiger partial charge in [0, 0.05) is 18.2 Å². The fraction of sp³-hybridized carbons (Fsp3) is 0.375. The van der Waals surface area contributed by atoms with Gasteiger partial charge in [0.2, 0.25) is 0 Å². The van der Waals surface area contributed by atoms with Gasteiger partial charge in [-0.3, -0.25) is 0 Å². The Balaban J connectivity index is 1.52. The highest BCUT2D eigenvalue weighted by Gasteiger charge is 2.15. The van der Waals surface area contributed by atoms with Gasteiger partial charge in [-0.2, -0.15) is 0 Å². The number of benzene rings is 1. The smallest absolute Gasteiger partial charge is 0.162 e. The molecule has 3 heterocycles. The fourth-order valence-electron chi connectivity index (χ4n) is 2.75. The molecule has 1 aromatic carbocycles. The highest BCUT2D eigenvalue weighted by molar-refractivity contribution is 5.64. The molecule has 0 aliphatic carbocycles. The van der Waals surface area contributed by atoms with E-state index in [4.69, 9.17) is 9.47 Å². The molecule has 0 amide bonds. The van der Waals surface area contributed by atoms with Crippen LogP contribution >= 0.6 is 0 Å². The standard InChI is InChI=1S/C16H18N4O2/c1-3-14-15(22-8-7-21-14)9-11(1)13-2-4-16(20-19-13)18-12-5-6-17-10-12/h1-4,9,12,17H,5-8,10H2,(H,18,20). The second kappa shape index (κ2) is 5.81. The topological polar surface area (TPSA) is 68.3 Å². The van der Waals surface area contributed by atoms with Gasteiger partial charge in [-0.1, -0.05) is 0 Å². The summed E-state index contributed by atoms with van der Waals surface area (Å²) >= 11 is 0. The van der Waals surface area contributed by atoms with Crippen LogP contribution in [0, 0.1) is 0 Å². The molecular weight excluding hydrogens is 280 g/mol. The van der Waals surface area contributed by atoms with E-state index < -0.39 is 0 Å². The Morgan fingerprint density at radius 3 is 2.73 bits per heavy atom. The van der Waals surface area contributed by atoms with Crippen LogP contribution < -0.4 is 20.1 Å². The lowest BCUT2D eigenvalue weighted by Crippen LogP contribution is -2.22. The minimum atomic E-state index is 0.439. The van der Waals surface area contributed by atoms with Crippen molar-refractivity contribution in [3.63, 3.8) is 0 Å². The van der Waals surface area contributed by atoms with E-state index in [1.54, 1.807) is 0 Å². The summed E-state index contributed by atoms with van der Waals surface area (Å²) in [6.45, 7) is 3.22. The lowest BCUT2D eigenvalue weighted by molar-refractivity contribution is 0.171. The Morgan fingerprint density at radius 1 is 1.05 bits per heavy atom. The number of anilines is 1. The lowest BCUT2D eigenvalue weighted by atomic mass is 10.1. The molecule has 114 valence electrons. The van der Waals surface area contributed by atoms with E-state index in [9.17, 15) is 0 Å². The number of hydrogen-bond donors (Lipinski definition) is 2. The molecule has 2 aromatic rings. The molecule has 4 rings (SSSR count). The van der Waals surface area contributed by atoms with Crippen LogP contribution in [0.4, 0.5) is 5.82 Å². The van der Waals surface area contributed by atoms with E-state index in [1.165, 1.54) is 0 Å². The van der Waals surface area contributed by atoms with Crippen LogP contribution in [0.15, 0.2) is 30.3 Å². The molecule has 2 aliphatic rings. The summed E-state index contributed by atoms with van der Waals surface area (Å²) in [5, 5.41) is 15.3. The molecular formula is C16H18N4O2. The quantitative estimate of drug-likeness (QED) is 0.899. The maximum Gasteiger partial charge on any atom is 0.162 e. The van der Waals surface area contributed by atoms with Gasteiger partial charge >= 0.3 is 0 Å². The summed E-state index contributed by atoms with van der Waals surface area (Å²) < 4.78 is 11.1. The summed E-state index contributed by atoms with van der Waals surface area (Å²) in [7, 11) is 0. The first-order chi connectivity index (χ1) is 10.9. The lowest BCUT2D eigenvalue weighted by Gasteiger charge is -2.18. The predicted molar refractivity (Wildman–Crippen MR) is 83.4 cm³/mol. The molecule has 1 saturated heterocycles. The Hall–Kier alpha value is -2.34. The second-order valence-electron chi connectivity index (χ2n) is 5.50. The van der Waals surface area contributed by atoms with Crippen LogP contribution in [0.2, 0.25) is 0 Å². The summed E-state index contributed by atoms with van der Waals surface area (Å²) in [4.78, 5) is 0. The third kappa shape index (κ3) is 2.69. The summed E-state index contributed by atoms with van der Waals surface area (Å²) in [6.07, 6.45) is 1.12. The molecule has 0 bridgehead atoms. The van der Waals surface area contributed by atoms with Crippen molar-refractivity contribution < 1.29 is 9.47 Å². The van der Waals surface area contributed by atoms with Crippen molar-refractivity contribution in [1.29, 1.82) is 0 Å². The SMILES string of the molecule is c1cc2c(cc1-c1ccc(NC3CCNC3)nn1)OCCO2. The molecule has 22 heavy (non-hydrogen) atoms. The molecule has 1 unspecified atom stereocenters. The maximum absolute atomic E-state index is 5.61. The summed E-state index contributed by atoms with van der Waals surface area (Å²) in [5.41, 5.74) is 1.80. The molecule has 1 fully saturated rings. The van der Waals surface area contributed by atoms with E-state index in [2.05, 4.69) is 20.8 Å². The molecule has 6 nitrogen and oxygen atoms in total. The van der Waals surface area contributed by atoms with Crippen LogP contribution in [-0.2, 0) is 0 Å². The van der Waals surface area contributed by atoms with Crippen LogP contribution in [0.3, 0.4) is 0 Å². The highest BCUT2D eigenvalue weighted by atomic mass is 16.6. The Kier molecular flexibility index (Phi) is 3.52. The maximum atomic E-state index is 5.61. The molecule has 0 radical (unpaired) electrons. The first kappa shape index (κ1) is 13.3. The van der Waals surface area contributed by atoms with E-state index in [1.807, 2.05) is 30.3 Å². The van der Waals surface area contributed by atoms with Gasteiger partial charge in [-0.25, -0.2) is 0 Å². The number of nitrogens with zero attached hydrogens (tertiary/aromatic N) is 2. The Labute approximate surface area is 128 Å². The number of ether oxygens (including phenoxy) is 2. The van der Waals surface area contributed by atoms with E-state index in [0.29, 0.717) is 19.3 Å². The zero-order valence-electron chi connectivity index (χ0n) is 12.2. The highest BCUT2D eigenvalue weighted by Crippen LogP contribution is 2.33. The average Bonchev–Trinajstić information content (AvgIpc) is 3.08. The van der Waals surface area contributed by atoms with E-state index in [0.717, 1.165) is 48.1 Å². The molecule has 1 aromatic heterocycles. The van der Waals surface area contributed by atoms with Gasteiger partial charge in [0.15, 0.2) is 11.5 Å². The minimum Gasteiger partial charge on any atom is -0.486 e. The van der Waals surface area contributed by atoms with Crippen molar-refractivity contribution in [3.05, 3.63) is 30.3 Å². The monoisotopic (exact) mass is 298 g/mol. The molecule has 0 saturated carbocycles. The Morgan fingerprint density at radius 2 is 1.95 bits per heavy atom. The average molecular weight is 298 g/mol. The van der Waals surface area contributed by atoms with Crippen LogP contribution in [0.25, 0.3) is 11.3 Å². The van der Waals surface area contributed by atoms with Crippen molar-refractivity contribution in [2.45, 2.75) is 12.5 Å². The third-order valence-corrected chi connectivity index (χ3v) is 3.91. The zero-order chi connectivity index (χ0) is 14.8. The van der Waals surface area contributed by atoms with Crippen molar-refractivity contribution in [3.8, 4) is 22.8 Å². The van der Waals surface area contributed by atoms with Crippen LogP contribution in [0.5, 0.6) is 11.5 Å². The predicted octanol–water partition coefficient (Wildman–Crippen LogP) is 1.69. The second-order valence-corrected chi connectivity index (χ2v) is 5.50. The van der Waals surface area contributed by atoms with Gasteiger partial charge in [-0.15, -0.1) is 10.2 Å². The van der Waals surface area contributed by atoms with Gasteiger partial charge in [0.05, 0.1) is 5.69 Å².